The molecule has 0 rings (SSSR count). The number of hydrogen-bond donors (Lipinski definition) is 0. The van der Waals surface area contributed by atoms with Crippen LogP contribution in [0, 0.1) is 0 Å². The molecule has 0 saturated carbocycles. The Labute approximate surface area is 522 Å². The van der Waals surface area contributed by atoms with Crippen molar-refractivity contribution < 1.29 is 42.1 Å². The van der Waals surface area contributed by atoms with Gasteiger partial charge in [0, 0.05) is 12.8 Å². The number of nitrogens with zero attached hydrogens (tertiary/aromatic N) is 1. The molecule has 0 aromatic rings. The first-order valence-corrected chi connectivity index (χ1v) is 37.8. The van der Waals surface area contributed by atoms with E-state index in [1.807, 2.05) is 21.1 Å². The second kappa shape index (κ2) is 65.4. The van der Waals surface area contributed by atoms with Gasteiger partial charge < -0.3 is 27.9 Å². The lowest BCUT2D eigenvalue weighted by molar-refractivity contribution is -0.870. The van der Waals surface area contributed by atoms with Gasteiger partial charge >= 0.3 is 11.9 Å². The third-order valence-electron chi connectivity index (χ3n) is 16.4. The monoisotopic (exact) mass is 1200 g/mol. The Balaban J connectivity index is 3.92. The Morgan fingerprint density at radius 1 is 0.381 bits per heavy atom. The maximum absolute atomic E-state index is 12.8. The Morgan fingerprint density at radius 3 is 1.01 bits per heavy atom. The summed E-state index contributed by atoms with van der Waals surface area (Å²) in [5.74, 6) is -0.822. The molecule has 9 nitrogen and oxygen atoms in total. The summed E-state index contributed by atoms with van der Waals surface area (Å²) in [6.07, 6.45) is 85.1. The van der Waals surface area contributed by atoms with Crippen LogP contribution in [-0.2, 0) is 32.7 Å². The molecule has 494 valence electrons. The Kier molecular flexibility index (Phi) is 63.8. The van der Waals surface area contributed by atoms with E-state index in [1.54, 1.807) is 0 Å². The maximum atomic E-state index is 12.8. The number of esters is 2. The van der Waals surface area contributed by atoms with Crippen LogP contribution in [0.2, 0.25) is 0 Å². The molecule has 0 aliphatic rings. The zero-order valence-electron chi connectivity index (χ0n) is 56.4. The number of unbranched alkanes of at least 4 members (excludes halogenated alkanes) is 46. The summed E-state index contributed by atoms with van der Waals surface area (Å²) in [5.41, 5.74) is 0. The molecule has 0 spiro atoms. The van der Waals surface area contributed by atoms with Crippen LogP contribution in [0.5, 0.6) is 0 Å². The van der Waals surface area contributed by atoms with E-state index in [2.05, 4.69) is 62.5 Å². The van der Waals surface area contributed by atoms with E-state index >= 15 is 0 Å². The smallest absolute Gasteiger partial charge is 0.306 e. The van der Waals surface area contributed by atoms with Crippen LogP contribution < -0.4 is 4.89 Å². The Hall–Kier alpha value is -2.03. The molecule has 0 N–H and O–H groups in total. The van der Waals surface area contributed by atoms with E-state index in [0.717, 1.165) is 70.6 Å². The van der Waals surface area contributed by atoms with Crippen LogP contribution >= 0.6 is 7.82 Å². The van der Waals surface area contributed by atoms with Crippen LogP contribution in [0.25, 0.3) is 0 Å². The largest absolute Gasteiger partial charge is 0.756 e. The molecule has 0 saturated heterocycles. The average Bonchev–Trinajstić information content (AvgIpc) is 3.61. The van der Waals surface area contributed by atoms with Gasteiger partial charge in [-0.2, -0.15) is 0 Å². The van der Waals surface area contributed by atoms with Gasteiger partial charge in [0.25, 0.3) is 7.82 Å². The van der Waals surface area contributed by atoms with Crippen molar-refractivity contribution in [1.29, 1.82) is 0 Å². The van der Waals surface area contributed by atoms with Gasteiger partial charge in [-0.3, -0.25) is 14.2 Å². The maximum Gasteiger partial charge on any atom is 0.306 e. The van der Waals surface area contributed by atoms with Crippen LogP contribution in [0.15, 0.2) is 48.6 Å². The first kappa shape index (κ1) is 82.0. The van der Waals surface area contributed by atoms with Crippen molar-refractivity contribution in [2.24, 2.45) is 0 Å². The van der Waals surface area contributed by atoms with Crippen molar-refractivity contribution in [2.75, 3.05) is 47.5 Å². The van der Waals surface area contributed by atoms with Gasteiger partial charge in [0.1, 0.15) is 19.8 Å². The normalized spacial score (nSPS) is 13.4. The van der Waals surface area contributed by atoms with Crippen molar-refractivity contribution in [3.8, 4) is 0 Å². The highest BCUT2D eigenvalue weighted by Crippen LogP contribution is 2.38. The zero-order valence-corrected chi connectivity index (χ0v) is 57.3. The molecule has 2 unspecified atom stereocenters. The number of hydrogen-bond acceptors (Lipinski definition) is 8. The summed E-state index contributed by atoms with van der Waals surface area (Å²) in [6.45, 7) is 4.18. The molecular formula is C74H140NO8P. The zero-order chi connectivity index (χ0) is 61.2. The summed E-state index contributed by atoms with van der Waals surface area (Å²) in [6, 6.07) is 0. The molecule has 0 heterocycles. The fraction of sp³-hybridized carbons (Fsp3) is 0.865. The fourth-order valence-corrected chi connectivity index (χ4v) is 11.6. The summed E-state index contributed by atoms with van der Waals surface area (Å²) < 4.78 is 34.3. The highest BCUT2D eigenvalue weighted by molar-refractivity contribution is 7.45. The van der Waals surface area contributed by atoms with E-state index < -0.39 is 26.5 Å². The lowest BCUT2D eigenvalue weighted by Crippen LogP contribution is -2.37. The molecule has 0 aliphatic carbocycles. The van der Waals surface area contributed by atoms with Crippen LogP contribution in [0.3, 0.4) is 0 Å². The van der Waals surface area contributed by atoms with Gasteiger partial charge in [0.2, 0.25) is 0 Å². The lowest BCUT2D eigenvalue weighted by atomic mass is 10.0. The third kappa shape index (κ3) is 69.1. The van der Waals surface area contributed by atoms with E-state index in [0.29, 0.717) is 17.4 Å². The SMILES string of the molecule is CC/C=C\C/C=C\C/C=C\C/C=C\CCCCCCCCCCCCC(=O)OC(COC(=O)CCCCCCCCCCCCCCCCCCCCCCCCCCCCCCCCCCCCCCC)COP(=O)([O-])OCC[N+](C)(C)C. The summed E-state index contributed by atoms with van der Waals surface area (Å²) in [4.78, 5) is 38.1. The van der Waals surface area contributed by atoms with Gasteiger partial charge in [-0.15, -0.1) is 0 Å². The topological polar surface area (TPSA) is 111 Å². The molecular weight excluding hydrogens is 1060 g/mol. The molecule has 2 atom stereocenters. The van der Waals surface area contributed by atoms with E-state index in [-0.39, 0.29) is 32.0 Å². The third-order valence-corrected chi connectivity index (χ3v) is 17.3. The lowest BCUT2D eigenvalue weighted by Gasteiger charge is -2.28. The Bertz CT molecular complexity index is 1560. The number of phosphoric acid groups is 1. The number of rotatable bonds is 68. The highest BCUT2D eigenvalue weighted by atomic mass is 31.2. The molecule has 84 heavy (non-hydrogen) atoms. The summed E-state index contributed by atoms with van der Waals surface area (Å²) in [7, 11) is 1.18. The molecule has 0 aliphatic heterocycles. The fourth-order valence-electron chi connectivity index (χ4n) is 10.8. The molecule has 0 aromatic carbocycles. The number of allylic oxidation sites excluding steroid dienone is 8. The standard InChI is InChI=1S/C74H140NO8P/c1-6-8-10-12-14-16-18-20-22-24-26-28-30-31-32-33-34-35-36-37-38-39-40-41-42-43-45-46-48-50-52-54-56-58-60-62-64-66-73(76)80-70-72(71-82-84(78,79)81-69-68-75(3,4)5)83-74(77)67-65-63-61-59-57-55-53-51-49-47-44-29-27-25-23-21-19-17-15-13-11-9-7-2/h9,11,15,17,21,23,27,29,72H,6-8,10,12-14,16,18-20,22,24-26,28,30-71H2,1-5H3/b11-9-,17-15-,23-21-,29-27-. The highest BCUT2D eigenvalue weighted by Gasteiger charge is 2.22. The van der Waals surface area contributed by atoms with Crippen molar-refractivity contribution in [3.63, 3.8) is 0 Å². The number of ether oxygens (including phenoxy) is 2. The van der Waals surface area contributed by atoms with Crippen molar-refractivity contribution in [2.45, 2.75) is 367 Å². The summed E-state index contributed by atoms with van der Waals surface area (Å²) >= 11 is 0. The van der Waals surface area contributed by atoms with E-state index in [4.69, 9.17) is 18.5 Å². The minimum absolute atomic E-state index is 0.0310. The second-order valence-electron chi connectivity index (χ2n) is 25.9. The van der Waals surface area contributed by atoms with Gasteiger partial charge in [0.05, 0.1) is 27.7 Å². The van der Waals surface area contributed by atoms with Crippen molar-refractivity contribution in [3.05, 3.63) is 48.6 Å². The molecule has 10 heteroatoms. The second-order valence-corrected chi connectivity index (χ2v) is 27.3. The number of quaternary nitrogens is 1. The predicted molar refractivity (Wildman–Crippen MR) is 360 cm³/mol. The quantitative estimate of drug-likeness (QED) is 0.0195. The number of phosphoric ester groups is 1. The number of likely N-dealkylation sites (N-methyl/N-ethyl adjacent to an activating group) is 1. The Morgan fingerprint density at radius 2 is 0.679 bits per heavy atom. The van der Waals surface area contributed by atoms with Crippen LogP contribution in [0.1, 0.15) is 361 Å². The van der Waals surface area contributed by atoms with Gasteiger partial charge in [-0.1, -0.05) is 345 Å². The van der Waals surface area contributed by atoms with Gasteiger partial charge in [-0.05, 0) is 51.4 Å². The van der Waals surface area contributed by atoms with Crippen LogP contribution in [-0.4, -0.2) is 70.0 Å². The van der Waals surface area contributed by atoms with Gasteiger partial charge in [-0.25, -0.2) is 0 Å². The molecule has 0 radical (unpaired) electrons. The average molecular weight is 1200 g/mol. The van der Waals surface area contributed by atoms with Gasteiger partial charge in [0.15, 0.2) is 6.10 Å². The van der Waals surface area contributed by atoms with Crippen molar-refractivity contribution >= 4 is 19.8 Å². The first-order valence-electron chi connectivity index (χ1n) is 36.3. The molecule has 0 fully saturated rings. The van der Waals surface area contributed by atoms with Crippen LogP contribution in [0.4, 0.5) is 0 Å². The van der Waals surface area contributed by atoms with E-state index in [1.165, 1.54) is 257 Å². The van der Waals surface area contributed by atoms with Crippen molar-refractivity contribution in [1.82, 2.24) is 0 Å². The number of carbonyl (C=O) groups excluding carboxylic acids is 2. The molecule has 0 aromatic heterocycles. The summed E-state index contributed by atoms with van der Waals surface area (Å²) in [5, 5.41) is 0. The molecule has 0 bridgehead atoms. The predicted octanol–water partition coefficient (Wildman–Crippen LogP) is 23.0. The first-order chi connectivity index (χ1) is 41.0. The van der Waals surface area contributed by atoms with E-state index in [9.17, 15) is 19.0 Å². The minimum Gasteiger partial charge on any atom is -0.756 e. The molecule has 0 amide bonds. The minimum atomic E-state index is -4.64. The number of carbonyl (C=O) groups is 2.